The van der Waals surface area contributed by atoms with Crippen molar-refractivity contribution in [3.8, 4) is 0 Å². The Morgan fingerprint density at radius 1 is 1.07 bits per heavy atom. The van der Waals surface area contributed by atoms with Gasteiger partial charge in [0, 0.05) is 6.08 Å². The number of guanidine groups is 1. The van der Waals surface area contributed by atoms with Gasteiger partial charge in [-0.2, -0.15) is 0 Å². The summed E-state index contributed by atoms with van der Waals surface area (Å²) in [5, 5.41) is 22.7. The van der Waals surface area contributed by atoms with E-state index >= 15 is 0 Å². The van der Waals surface area contributed by atoms with Crippen LogP contribution in [0, 0.1) is 5.92 Å². The Morgan fingerprint density at radius 2 is 1.67 bits per heavy atom. The molecule has 8 N–H and O–H groups in total. The maximum Gasteiger partial charge on any atom is 0.326 e. The van der Waals surface area contributed by atoms with Crippen LogP contribution in [0.25, 0.3) is 6.08 Å². The van der Waals surface area contributed by atoms with Gasteiger partial charge in [-0.3, -0.25) is 14.4 Å². The minimum atomic E-state index is -1.44. The van der Waals surface area contributed by atoms with Crippen molar-refractivity contribution in [3.05, 3.63) is 35.9 Å². The smallest absolute Gasteiger partial charge is 0.326 e. The van der Waals surface area contributed by atoms with E-state index in [1.54, 1.807) is 38.1 Å². The summed E-state index contributed by atoms with van der Waals surface area (Å²) >= 11 is 0. The van der Waals surface area contributed by atoms with Crippen molar-refractivity contribution in [3.63, 3.8) is 0 Å². The van der Waals surface area contributed by atoms with Crippen LogP contribution in [0.3, 0.4) is 0 Å². The fraction of sp³-hybridized carbons (Fsp3) is 0.316. The molecule has 0 saturated carbocycles. The summed E-state index contributed by atoms with van der Waals surface area (Å²) < 4.78 is 0. The summed E-state index contributed by atoms with van der Waals surface area (Å²) in [5.74, 6) is -4.74. The van der Waals surface area contributed by atoms with E-state index in [9.17, 15) is 19.2 Å². The lowest BCUT2D eigenvalue weighted by molar-refractivity contribution is -0.144. The summed E-state index contributed by atoms with van der Waals surface area (Å²) in [4.78, 5) is 50.6. The fourth-order valence-electron chi connectivity index (χ4n) is 2.35. The van der Waals surface area contributed by atoms with Gasteiger partial charge in [-0.1, -0.05) is 26.0 Å². The number of aliphatic imine (C=N–C) groups is 1. The monoisotopic (exact) mass is 419 g/mol. The molecule has 0 bridgehead atoms. The largest absolute Gasteiger partial charge is 0.481 e. The summed E-state index contributed by atoms with van der Waals surface area (Å²) in [6, 6.07) is 3.88. The normalized spacial score (nSPS) is 12.8. The van der Waals surface area contributed by atoms with Crippen LogP contribution in [0.4, 0.5) is 5.69 Å². The van der Waals surface area contributed by atoms with E-state index in [2.05, 4.69) is 15.6 Å². The molecule has 1 aromatic rings. The molecule has 11 nitrogen and oxygen atoms in total. The van der Waals surface area contributed by atoms with Gasteiger partial charge in [0.05, 0.1) is 12.1 Å². The number of nitrogens with one attached hydrogen (secondary N) is 2. The molecule has 0 aliphatic heterocycles. The molecule has 1 rings (SSSR count). The van der Waals surface area contributed by atoms with E-state index < -0.39 is 48.2 Å². The molecule has 0 spiro atoms. The number of carbonyl (C=O) groups is 4. The van der Waals surface area contributed by atoms with Gasteiger partial charge >= 0.3 is 11.9 Å². The zero-order valence-electron chi connectivity index (χ0n) is 16.5. The van der Waals surface area contributed by atoms with Crippen LogP contribution < -0.4 is 22.1 Å². The van der Waals surface area contributed by atoms with Crippen LogP contribution in [0.15, 0.2) is 35.3 Å². The molecule has 2 atom stereocenters. The van der Waals surface area contributed by atoms with Crippen LogP contribution in [-0.2, 0) is 19.2 Å². The molecule has 0 aliphatic carbocycles. The first-order chi connectivity index (χ1) is 14.0. The summed E-state index contributed by atoms with van der Waals surface area (Å²) in [5.41, 5.74) is 11.7. The Bertz CT molecular complexity index is 843. The van der Waals surface area contributed by atoms with E-state index in [4.69, 9.17) is 21.7 Å². The number of nitrogens with two attached hydrogens (primary N) is 2. The van der Waals surface area contributed by atoms with Crippen molar-refractivity contribution in [2.24, 2.45) is 22.4 Å². The number of amides is 2. The van der Waals surface area contributed by atoms with Gasteiger partial charge < -0.3 is 32.3 Å². The average Bonchev–Trinajstić information content (AvgIpc) is 2.63. The quantitative estimate of drug-likeness (QED) is 0.170. The van der Waals surface area contributed by atoms with Gasteiger partial charge in [0.25, 0.3) is 0 Å². The number of carboxylic acids is 2. The van der Waals surface area contributed by atoms with Crippen LogP contribution >= 0.6 is 0 Å². The van der Waals surface area contributed by atoms with Crippen LogP contribution in [0.1, 0.15) is 25.8 Å². The van der Waals surface area contributed by atoms with Crippen molar-refractivity contribution in [1.82, 2.24) is 10.6 Å². The fourth-order valence-corrected chi connectivity index (χ4v) is 2.35. The summed E-state index contributed by atoms with van der Waals surface area (Å²) in [6.45, 7) is 3.18. The third kappa shape index (κ3) is 8.42. The molecular formula is C19H25N5O6. The Hall–Kier alpha value is -3.89. The lowest BCUT2D eigenvalue weighted by atomic mass is 10.0. The minimum absolute atomic E-state index is 0.0944. The zero-order chi connectivity index (χ0) is 22.8. The number of nitrogens with zero attached hydrogens (tertiary/aromatic N) is 1. The third-order valence-corrected chi connectivity index (χ3v) is 3.82. The van der Waals surface area contributed by atoms with Crippen LogP contribution in [0.2, 0.25) is 0 Å². The van der Waals surface area contributed by atoms with Crippen molar-refractivity contribution in [2.45, 2.75) is 32.4 Å². The highest BCUT2D eigenvalue weighted by atomic mass is 16.4. The maximum atomic E-state index is 12.3. The molecule has 0 radical (unpaired) electrons. The molecule has 2 amide bonds. The molecule has 162 valence electrons. The standard InChI is InChI=1S/C19H25N5O6/c1-10(2)16(18(29)30)24-17(28)13(9-15(26)27)23-14(25)8-5-11-3-6-12(7-4-11)22-19(20)21/h3-8,10,13,16H,9H2,1-2H3,(H,23,25)(H,24,28)(H,26,27)(H,29,30)(H4,20,21,22)/t13-,16+/m0/s1. The Kier molecular flexibility index (Phi) is 9.01. The van der Waals surface area contributed by atoms with Gasteiger partial charge in [0.1, 0.15) is 12.1 Å². The first kappa shape index (κ1) is 24.1. The van der Waals surface area contributed by atoms with Crippen molar-refractivity contribution in [1.29, 1.82) is 0 Å². The van der Waals surface area contributed by atoms with Crippen molar-refractivity contribution in [2.75, 3.05) is 0 Å². The molecule has 0 aromatic heterocycles. The molecule has 0 fully saturated rings. The lowest BCUT2D eigenvalue weighted by Gasteiger charge is -2.22. The Balaban J connectivity index is 2.84. The van der Waals surface area contributed by atoms with E-state index in [1.165, 1.54) is 6.08 Å². The van der Waals surface area contributed by atoms with Crippen LogP contribution in [-0.4, -0.2) is 52.0 Å². The first-order valence-electron chi connectivity index (χ1n) is 8.92. The average molecular weight is 419 g/mol. The SMILES string of the molecule is CC(C)[C@@H](NC(=O)[C@H](CC(=O)O)NC(=O)C=Cc1ccc(N=C(N)N)cc1)C(=O)O. The molecule has 0 unspecified atom stereocenters. The first-order valence-corrected chi connectivity index (χ1v) is 8.92. The number of rotatable bonds is 10. The second kappa shape index (κ2) is 11.2. The van der Waals surface area contributed by atoms with E-state index in [0.717, 1.165) is 6.08 Å². The molecule has 0 saturated heterocycles. The molecule has 0 heterocycles. The number of aliphatic carboxylic acids is 2. The van der Waals surface area contributed by atoms with Gasteiger partial charge in [0.15, 0.2) is 5.96 Å². The molecule has 0 aliphatic rings. The topological polar surface area (TPSA) is 197 Å². The second-order valence-corrected chi connectivity index (χ2v) is 6.69. The second-order valence-electron chi connectivity index (χ2n) is 6.69. The van der Waals surface area contributed by atoms with Crippen molar-refractivity contribution >= 4 is 41.5 Å². The Morgan fingerprint density at radius 3 is 2.13 bits per heavy atom. The number of hydrogen-bond acceptors (Lipinski definition) is 5. The highest BCUT2D eigenvalue weighted by Crippen LogP contribution is 2.13. The maximum absolute atomic E-state index is 12.3. The molecule has 1 aromatic carbocycles. The highest BCUT2D eigenvalue weighted by molar-refractivity contribution is 5.97. The predicted molar refractivity (Wildman–Crippen MR) is 110 cm³/mol. The Labute approximate surface area is 172 Å². The van der Waals surface area contributed by atoms with Crippen LogP contribution in [0.5, 0.6) is 0 Å². The number of benzene rings is 1. The zero-order valence-corrected chi connectivity index (χ0v) is 16.5. The lowest BCUT2D eigenvalue weighted by Crippen LogP contribution is -2.53. The molecule has 30 heavy (non-hydrogen) atoms. The molecule has 11 heteroatoms. The predicted octanol–water partition coefficient (Wildman–Crippen LogP) is -0.210. The van der Waals surface area contributed by atoms with E-state index in [0.29, 0.717) is 11.3 Å². The van der Waals surface area contributed by atoms with Gasteiger partial charge in [-0.25, -0.2) is 9.79 Å². The summed E-state index contributed by atoms with van der Waals surface area (Å²) in [7, 11) is 0. The van der Waals surface area contributed by atoms with Gasteiger partial charge in [0.2, 0.25) is 11.8 Å². The minimum Gasteiger partial charge on any atom is -0.481 e. The number of carboxylic acid groups (broad SMARTS) is 2. The molecular weight excluding hydrogens is 394 g/mol. The van der Waals surface area contributed by atoms with Gasteiger partial charge in [-0.05, 0) is 29.7 Å². The number of carbonyl (C=O) groups excluding carboxylic acids is 2. The van der Waals surface area contributed by atoms with Crippen molar-refractivity contribution < 1.29 is 29.4 Å². The van der Waals surface area contributed by atoms with E-state index in [-0.39, 0.29) is 5.96 Å². The van der Waals surface area contributed by atoms with E-state index in [1.807, 2.05) is 0 Å². The third-order valence-electron chi connectivity index (χ3n) is 3.82. The number of hydrogen-bond donors (Lipinski definition) is 6. The van der Waals surface area contributed by atoms with Gasteiger partial charge in [-0.15, -0.1) is 0 Å². The summed E-state index contributed by atoms with van der Waals surface area (Å²) in [6.07, 6.45) is 1.86. The highest BCUT2D eigenvalue weighted by Gasteiger charge is 2.29.